The summed E-state index contributed by atoms with van der Waals surface area (Å²) in [5, 5.41) is 3.49. The lowest BCUT2D eigenvalue weighted by Gasteiger charge is -2.32. The van der Waals surface area contributed by atoms with E-state index in [0.717, 1.165) is 0 Å². The van der Waals surface area contributed by atoms with Crippen LogP contribution in [-0.4, -0.2) is 52.1 Å². The molecule has 0 radical (unpaired) electrons. The Morgan fingerprint density at radius 1 is 1.45 bits per heavy atom. The molecule has 5 nitrogen and oxygen atoms in total. The van der Waals surface area contributed by atoms with Gasteiger partial charge in [0.1, 0.15) is 4.90 Å². The second-order valence-electron chi connectivity index (χ2n) is 4.49. The van der Waals surface area contributed by atoms with Gasteiger partial charge in [0.25, 0.3) is 0 Å². The number of halogens is 2. The van der Waals surface area contributed by atoms with Crippen LogP contribution >= 0.6 is 23.2 Å². The number of nitrogens with one attached hydrogen (secondary N) is 1. The molecule has 1 N–H and O–H groups in total. The molecule has 1 saturated heterocycles. The summed E-state index contributed by atoms with van der Waals surface area (Å²) in [6.45, 7) is 1.57. The molecule has 1 atom stereocenters. The molecule has 0 saturated carbocycles. The molecule has 1 aromatic carbocycles. The predicted molar refractivity (Wildman–Crippen MR) is 78.9 cm³/mol. The van der Waals surface area contributed by atoms with Gasteiger partial charge in [0.05, 0.1) is 17.7 Å². The summed E-state index contributed by atoms with van der Waals surface area (Å²) in [6.07, 6.45) is -0.165. The fourth-order valence-corrected chi connectivity index (χ4v) is 4.27. The first-order valence-electron chi connectivity index (χ1n) is 6.16. The maximum absolute atomic E-state index is 12.6. The number of benzene rings is 1. The molecule has 0 amide bonds. The molecule has 1 aliphatic heterocycles. The Kier molecular flexibility index (Phi) is 5.28. The molecular weight excluding hydrogens is 323 g/mol. The second kappa shape index (κ2) is 6.60. The third kappa shape index (κ3) is 3.44. The molecule has 1 fully saturated rings. The van der Waals surface area contributed by atoms with Gasteiger partial charge in [0.2, 0.25) is 10.0 Å². The smallest absolute Gasteiger partial charge is 0.244 e. The average Bonchev–Trinajstić information content (AvgIpc) is 2.42. The summed E-state index contributed by atoms with van der Waals surface area (Å²) in [5.74, 6) is 0. The Morgan fingerprint density at radius 3 is 2.90 bits per heavy atom. The third-order valence-electron chi connectivity index (χ3n) is 3.04. The van der Waals surface area contributed by atoms with Gasteiger partial charge < -0.3 is 10.1 Å². The highest BCUT2D eigenvalue weighted by Gasteiger charge is 2.32. The summed E-state index contributed by atoms with van der Waals surface area (Å²) in [4.78, 5) is 0.0387. The molecule has 1 unspecified atom stereocenters. The lowest BCUT2D eigenvalue weighted by Crippen LogP contribution is -2.48. The lowest BCUT2D eigenvalue weighted by molar-refractivity contribution is 0.000825. The van der Waals surface area contributed by atoms with Crippen molar-refractivity contribution in [2.24, 2.45) is 0 Å². The van der Waals surface area contributed by atoms with Crippen molar-refractivity contribution in [2.75, 3.05) is 33.3 Å². The first kappa shape index (κ1) is 16.0. The van der Waals surface area contributed by atoms with Crippen LogP contribution in [0.15, 0.2) is 23.1 Å². The molecule has 20 heavy (non-hydrogen) atoms. The quantitative estimate of drug-likeness (QED) is 0.905. The molecule has 1 heterocycles. The molecule has 1 aliphatic rings. The van der Waals surface area contributed by atoms with E-state index < -0.39 is 10.0 Å². The first-order valence-corrected chi connectivity index (χ1v) is 8.36. The van der Waals surface area contributed by atoms with Crippen molar-refractivity contribution in [1.82, 2.24) is 9.62 Å². The molecule has 0 aromatic heterocycles. The summed E-state index contributed by atoms with van der Waals surface area (Å²) in [6, 6.07) is 4.43. The zero-order chi connectivity index (χ0) is 14.8. The normalized spacial score (nSPS) is 21.1. The van der Waals surface area contributed by atoms with E-state index in [1.54, 1.807) is 13.1 Å². The van der Waals surface area contributed by atoms with E-state index in [1.165, 1.54) is 16.4 Å². The van der Waals surface area contributed by atoms with Gasteiger partial charge in [-0.15, -0.1) is 0 Å². The largest absolute Gasteiger partial charge is 0.374 e. The second-order valence-corrected chi connectivity index (χ2v) is 7.24. The fourth-order valence-electron chi connectivity index (χ4n) is 2.08. The maximum atomic E-state index is 12.6. The minimum Gasteiger partial charge on any atom is -0.374 e. The number of ether oxygens (including phenoxy) is 1. The topological polar surface area (TPSA) is 58.6 Å². The van der Waals surface area contributed by atoms with E-state index in [2.05, 4.69) is 5.32 Å². The minimum absolute atomic E-state index is 0.0387. The predicted octanol–water partition coefficient (Wildman–Crippen LogP) is 1.60. The Morgan fingerprint density at radius 2 is 2.20 bits per heavy atom. The van der Waals surface area contributed by atoms with Crippen molar-refractivity contribution in [3.8, 4) is 0 Å². The van der Waals surface area contributed by atoms with Crippen molar-refractivity contribution < 1.29 is 13.2 Å². The highest BCUT2D eigenvalue weighted by atomic mass is 35.5. The van der Waals surface area contributed by atoms with E-state index >= 15 is 0 Å². The van der Waals surface area contributed by atoms with Crippen LogP contribution in [0, 0.1) is 0 Å². The van der Waals surface area contributed by atoms with Crippen LogP contribution in [0.4, 0.5) is 0 Å². The Hall–Kier alpha value is -0.370. The third-order valence-corrected chi connectivity index (χ3v) is 5.63. The summed E-state index contributed by atoms with van der Waals surface area (Å²) >= 11 is 11.9. The zero-order valence-corrected chi connectivity index (χ0v) is 13.3. The van der Waals surface area contributed by atoms with Crippen LogP contribution in [0.2, 0.25) is 10.0 Å². The van der Waals surface area contributed by atoms with Gasteiger partial charge in [-0.25, -0.2) is 8.42 Å². The van der Waals surface area contributed by atoms with Crippen molar-refractivity contribution in [3.05, 3.63) is 28.2 Å². The zero-order valence-electron chi connectivity index (χ0n) is 11.0. The van der Waals surface area contributed by atoms with Gasteiger partial charge >= 0.3 is 0 Å². The van der Waals surface area contributed by atoms with Crippen LogP contribution in [0.5, 0.6) is 0 Å². The molecule has 0 aliphatic carbocycles. The van der Waals surface area contributed by atoms with Crippen LogP contribution < -0.4 is 5.32 Å². The van der Waals surface area contributed by atoms with Gasteiger partial charge in [-0.3, -0.25) is 0 Å². The average molecular weight is 339 g/mol. The summed E-state index contributed by atoms with van der Waals surface area (Å²) in [7, 11) is -1.86. The monoisotopic (exact) mass is 338 g/mol. The molecule has 0 bridgehead atoms. The van der Waals surface area contributed by atoms with E-state index in [-0.39, 0.29) is 16.0 Å². The lowest BCUT2D eigenvalue weighted by atomic mass is 10.3. The number of morpholine rings is 1. The van der Waals surface area contributed by atoms with Crippen molar-refractivity contribution >= 4 is 33.2 Å². The fraction of sp³-hybridized carbons (Fsp3) is 0.500. The highest BCUT2D eigenvalue weighted by Crippen LogP contribution is 2.28. The standard InChI is InChI=1S/C12H16Cl2N2O3S/c1-15-7-10-8-16(4-5-19-10)20(17,18)12-6-9(13)2-3-11(12)14/h2-3,6,10,15H,4-5,7-8H2,1H3. The first-order chi connectivity index (χ1) is 9.45. The SMILES string of the molecule is CNCC1CN(S(=O)(=O)c2cc(Cl)ccc2Cl)CCO1. The van der Waals surface area contributed by atoms with E-state index in [0.29, 0.717) is 31.3 Å². The Labute approximate surface area is 128 Å². The molecule has 1 aromatic rings. The van der Waals surface area contributed by atoms with Crippen molar-refractivity contribution in [1.29, 1.82) is 0 Å². The number of rotatable bonds is 4. The number of nitrogens with zero attached hydrogens (tertiary/aromatic N) is 1. The maximum Gasteiger partial charge on any atom is 0.244 e. The number of sulfonamides is 1. The number of likely N-dealkylation sites (N-methyl/N-ethyl adjacent to an activating group) is 1. The van der Waals surface area contributed by atoms with E-state index in [1.807, 2.05) is 0 Å². The van der Waals surface area contributed by atoms with Crippen LogP contribution in [0.25, 0.3) is 0 Å². The molecule has 2 rings (SSSR count). The van der Waals surface area contributed by atoms with Crippen molar-refractivity contribution in [3.63, 3.8) is 0 Å². The minimum atomic E-state index is -3.66. The molecular formula is C12H16Cl2N2O3S. The van der Waals surface area contributed by atoms with Crippen LogP contribution in [-0.2, 0) is 14.8 Å². The Balaban J connectivity index is 2.27. The summed E-state index contributed by atoms with van der Waals surface area (Å²) < 4.78 is 32.1. The van der Waals surface area contributed by atoms with Gasteiger partial charge in [0.15, 0.2) is 0 Å². The molecule has 0 spiro atoms. The molecule has 112 valence electrons. The van der Waals surface area contributed by atoms with Gasteiger partial charge in [-0.2, -0.15) is 4.31 Å². The number of hydrogen-bond donors (Lipinski definition) is 1. The van der Waals surface area contributed by atoms with Gasteiger partial charge in [0, 0.05) is 24.7 Å². The van der Waals surface area contributed by atoms with Crippen LogP contribution in [0.1, 0.15) is 0 Å². The van der Waals surface area contributed by atoms with Crippen molar-refractivity contribution in [2.45, 2.75) is 11.0 Å². The van der Waals surface area contributed by atoms with Crippen LogP contribution in [0.3, 0.4) is 0 Å². The highest BCUT2D eigenvalue weighted by molar-refractivity contribution is 7.89. The summed E-state index contributed by atoms with van der Waals surface area (Å²) in [5.41, 5.74) is 0. The Bertz CT molecular complexity index is 578. The molecule has 8 heteroatoms. The van der Waals surface area contributed by atoms with E-state index in [9.17, 15) is 8.42 Å². The van der Waals surface area contributed by atoms with Gasteiger partial charge in [-0.05, 0) is 25.2 Å². The number of hydrogen-bond acceptors (Lipinski definition) is 4. The van der Waals surface area contributed by atoms with E-state index in [4.69, 9.17) is 27.9 Å². The van der Waals surface area contributed by atoms with Gasteiger partial charge in [-0.1, -0.05) is 23.2 Å².